The molecule has 1 aromatic heterocycles. The number of esters is 1. The van der Waals surface area contributed by atoms with Crippen LogP contribution in [0.25, 0.3) is 10.9 Å². The van der Waals surface area contributed by atoms with E-state index in [2.05, 4.69) is 9.98 Å². The lowest BCUT2D eigenvalue weighted by Gasteiger charge is -2.04. The van der Waals surface area contributed by atoms with Gasteiger partial charge in [0, 0.05) is 6.07 Å². The maximum absolute atomic E-state index is 12.3. The molecule has 5 N–H and O–H groups in total. The number of carbonyl (C=O) groups is 1. The van der Waals surface area contributed by atoms with E-state index < -0.39 is 5.97 Å². The molecule has 0 bridgehead atoms. The van der Waals surface area contributed by atoms with Crippen LogP contribution in [-0.4, -0.2) is 11.9 Å². The number of fused-ring (bicyclic) bond motifs is 1. The molecule has 0 aliphatic heterocycles. The summed E-state index contributed by atoms with van der Waals surface area (Å²) in [7, 11) is 0. The van der Waals surface area contributed by atoms with Gasteiger partial charge in [-0.15, -0.1) is 0 Å². The van der Waals surface area contributed by atoms with Crippen LogP contribution in [0.4, 0.5) is 5.69 Å². The Bertz CT molecular complexity index is 885. The van der Waals surface area contributed by atoms with E-state index in [-0.39, 0.29) is 18.4 Å². The highest BCUT2D eigenvalue weighted by Gasteiger charge is 2.14. The minimum absolute atomic E-state index is 0. The number of hydrogen-bond acceptors (Lipinski definition) is 3. The lowest BCUT2D eigenvalue weighted by molar-refractivity contribution is -0.345. The molecule has 0 amide bonds. The summed E-state index contributed by atoms with van der Waals surface area (Å²) in [5, 5.41) is 0.959. The Morgan fingerprint density at radius 3 is 2.42 bits per heavy atom. The number of ether oxygens (including phenoxy) is 1. The first-order valence-corrected chi connectivity index (χ1v) is 6.95. The molecule has 1 heterocycles. The third kappa shape index (κ3) is 3.80. The topological polar surface area (TPSA) is 105 Å². The largest absolute Gasteiger partial charge is 1.00 e. The summed E-state index contributed by atoms with van der Waals surface area (Å²) in [6.07, 6.45) is 1.78. The maximum Gasteiger partial charge on any atom is 0.343 e. The normalized spacial score (nSPS) is 9.83. The van der Waals surface area contributed by atoms with E-state index in [1.807, 2.05) is 24.3 Å². The second-order valence-electron chi connectivity index (χ2n) is 4.86. The molecule has 122 valence electrons. The molecular weight excluding hydrogens is 328 g/mol. The van der Waals surface area contributed by atoms with E-state index >= 15 is 0 Å². The Labute approximate surface area is 144 Å². The zero-order chi connectivity index (χ0) is 16.2. The minimum atomic E-state index is -0.453. The lowest BCUT2D eigenvalue weighted by atomic mass is 10.2. The van der Waals surface area contributed by atoms with Crippen LogP contribution < -0.4 is 33.6 Å². The predicted molar refractivity (Wildman–Crippen MR) is 87.4 cm³/mol. The molecule has 7 heteroatoms. The fraction of sp³-hybridized carbons (Fsp3) is 0. The van der Waals surface area contributed by atoms with Crippen molar-refractivity contribution in [2.75, 3.05) is 0 Å². The average molecular weight is 343 g/mol. The van der Waals surface area contributed by atoms with Gasteiger partial charge in [-0.2, -0.15) is 0 Å². The summed E-state index contributed by atoms with van der Waals surface area (Å²) < 4.78 is 5.48. The highest BCUT2D eigenvalue weighted by molar-refractivity contribution is 5.93. The molecule has 0 saturated heterocycles. The number of aromatic nitrogens is 1. The number of benzene rings is 2. The van der Waals surface area contributed by atoms with Crippen LogP contribution in [0, 0.1) is 0 Å². The van der Waals surface area contributed by atoms with Gasteiger partial charge in [0.15, 0.2) is 12.2 Å². The molecule has 0 aliphatic rings. The average Bonchev–Trinajstić information content (AvgIpc) is 2.55. The number of guanidine groups is 1. The van der Waals surface area contributed by atoms with Gasteiger partial charge in [-0.3, -0.25) is 0 Å². The molecule has 0 fully saturated rings. The first-order chi connectivity index (χ1) is 11.1. The Morgan fingerprint density at radius 2 is 1.71 bits per heavy atom. The standard InChI is InChI=1S/C17H14N4O2.ClH/c18-17(19)21-13-8-6-12(7-9-13)16(22)23-14-5-1-3-11-4-2-10-20-15(11)14;/h1-10H,(H4,18,19,21);1H. The number of rotatable bonds is 3. The van der Waals surface area contributed by atoms with Crippen LogP contribution in [0.3, 0.4) is 0 Å². The second kappa shape index (κ2) is 7.43. The van der Waals surface area contributed by atoms with Crippen molar-refractivity contribution in [2.45, 2.75) is 0 Å². The van der Waals surface area contributed by atoms with E-state index in [9.17, 15) is 4.79 Å². The van der Waals surface area contributed by atoms with E-state index in [0.717, 1.165) is 10.9 Å². The molecule has 0 saturated carbocycles. The number of nitrogens with zero attached hydrogens (tertiary/aromatic N) is 1. The Morgan fingerprint density at radius 1 is 1.00 bits per heavy atom. The molecule has 0 atom stereocenters. The van der Waals surface area contributed by atoms with Gasteiger partial charge >= 0.3 is 5.97 Å². The van der Waals surface area contributed by atoms with Crippen molar-refractivity contribution in [3.8, 4) is 5.75 Å². The third-order valence-electron chi connectivity index (χ3n) is 3.22. The number of halogens is 1. The van der Waals surface area contributed by atoms with Crippen LogP contribution in [0.2, 0.25) is 0 Å². The van der Waals surface area contributed by atoms with Crippen molar-refractivity contribution < 1.29 is 26.9 Å². The Hall–Kier alpha value is -3.12. The smallest absolute Gasteiger partial charge is 0.343 e. The van der Waals surface area contributed by atoms with Crippen LogP contribution >= 0.6 is 0 Å². The molecule has 6 nitrogen and oxygen atoms in total. The minimum Gasteiger partial charge on any atom is -1.00 e. The summed E-state index contributed by atoms with van der Waals surface area (Å²) in [5.74, 6) is -0.0148. The number of pyridine rings is 1. The summed E-state index contributed by atoms with van der Waals surface area (Å²) in [6.45, 7) is 0. The maximum atomic E-state index is 12.3. The molecular formula is C17H15ClN4O2. The monoisotopic (exact) mass is 342 g/mol. The number of aromatic amines is 1. The van der Waals surface area contributed by atoms with Gasteiger partial charge in [-0.05, 0) is 42.5 Å². The van der Waals surface area contributed by atoms with Gasteiger partial charge < -0.3 is 28.6 Å². The third-order valence-corrected chi connectivity index (χ3v) is 3.22. The first kappa shape index (κ1) is 17.2. The summed E-state index contributed by atoms with van der Waals surface area (Å²) in [5.41, 5.74) is 12.4. The van der Waals surface area contributed by atoms with E-state index in [0.29, 0.717) is 17.0 Å². The summed E-state index contributed by atoms with van der Waals surface area (Å²) in [6, 6.07) is 15.8. The molecule has 3 aromatic rings. The fourth-order valence-corrected chi connectivity index (χ4v) is 2.19. The number of nitrogens with one attached hydrogen (secondary N) is 1. The number of hydrogen-bond donors (Lipinski definition) is 2. The molecule has 3 rings (SSSR count). The van der Waals surface area contributed by atoms with Gasteiger partial charge in [0.2, 0.25) is 5.75 Å². The zero-order valence-electron chi connectivity index (χ0n) is 12.6. The second-order valence-corrected chi connectivity index (χ2v) is 4.86. The number of nitrogens with two attached hydrogens (primary N) is 2. The van der Waals surface area contributed by atoms with Crippen molar-refractivity contribution in [1.29, 1.82) is 0 Å². The summed E-state index contributed by atoms with van der Waals surface area (Å²) in [4.78, 5) is 19.3. The van der Waals surface area contributed by atoms with E-state index in [1.54, 1.807) is 36.5 Å². The van der Waals surface area contributed by atoms with Gasteiger partial charge in [0.1, 0.15) is 0 Å². The molecule has 0 aliphatic carbocycles. The van der Waals surface area contributed by atoms with Crippen molar-refractivity contribution in [2.24, 2.45) is 16.5 Å². The first-order valence-electron chi connectivity index (χ1n) is 6.95. The number of para-hydroxylation sites is 1. The molecule has 24 heavy (non-hydrogen) atoms. The van der Waals surface area contributed by atoms with Crippen molar-refractivity contribution in [1.82, 2.24) is 0 Å². The van der Waals surface area contributed by atoms with Gasteiger partial charge in [0.25, 0.3) is 5.52 Å². The van der Waals surface area contributed by atoms with Gasteiger partial charge in [-0.25, -0.2) is 14.8 Å². The number of carbonyl (C=O) groups excluding carboxylic acids is 1. The summed E-state index contributed by atoms with van der Waals surface area (Å²) >= 11 is 0. The van der Waals surface area contributed by atoms with Crippen LogP contribution in [0.1, 0.15) is 10.4 Å². The number of H-pyrrole nitrogens is 1. The Kier molecular flexibility index (Phi) is 5.34. The highest BCUT2D eigenvalue weighted by Crippen LogP contribution is 2.22. The van der Waals surface area contributed by atoms with Crippen LogP contribution in [-0.2, 0) is 0 Å². The molecule has 0 radical (unpaired) electrons. The van der Waals surface area contributed by atoms with Crippen LogP contribution in [0.5, 0.6) is 5.75 Å². The van der Waals surface area contributed by atoms with Crippen molar-refractivity contribution >= 4 is 28.5 Å². The SMILES string of the molecule is NC(N)=Nc1ccc(C(=O)Oc2cccc3ccc[nH+]c23)cc1.[Cl-]. The van der Waals surface area contributed by atoms with Crippen molar-refractivity contribution in [3.63, 3.8) is 0 Å². The molecule has 0 unspecified atom stereocenters. The number of aliphatic imine (C=N–C) groups is 1. The van der Waals surface area contributed by atoms with Gasteiger partial charge in [-0.1, -0.05) is 6.07 Å². The van der Waals surface area contributed by atoms with Gasteiger partial charge in [0.05, 0.1) is 16.6 Å². The Balaban J connectivity index is 0.00000208. The molecule has 2 aromatic carbocycles. The fourth-order valence-electron chi connectivity index (χ4n) is 2.19. The quantitative estimate of drug-likeness (QED) is 0.269. The van der Waals surface area contributed by atoms with Crippen molar-refractivity contribution in [3.05, 3.63) is 66.4 Å². The van der Waals surface area contributed by atoms with E-state index in [1.165, 1.54) is 0 Å². The van der Waals surface area contributed by atoms with E-state index in [4.69, 9.17) is 16.2 Å². The zero-order valence-corrected chi connectivity index (χ0v) is 13.3. The highest BCUT2D eigenvalue weighted by atomic mass is 35.5. The van der Waals surface area contributed by atoms with Crippen LogP contribution in [0.15, 0.2) is 65.8 Å². The predicted octanol–water partition coefficient (Wildman–Crippen LogP) is -1.22. The lowest BCUT2D eigenvalue weighted by Crippen LogP contribution is -3.00. The molecule has 0 spiro atoms.